The van der Waals surface area contributed by atoms with Crippen molar-refractivity contribution in [2.75, 3.05) is 0 Å². The van der Waals surface area contributed by atoms with Crippen molar-refractivity contribution >= 4 is 33.5 Å². The van der Waals surface area contributed by atoms with Crippen LogP contribution in [0.2, 0.25) is 0 Å². The van der Waals surface area contributed by atoms with Gasteiger partial charge in [-0.1, -0.05) is 6.92 Å². The normalized spacial score (nSPS) is 13.3. The van der Waals surface area contributed by atoms with Gasteiger partial charge in [-0.15, -0.1) is 0 Å². The second-order valence-electron chi connectivity index (χ2n) is 4.49. The summed E-state index contributed by atoms with van der Waals surface area (Å²) in [4.78, 5) is 33.1. The van der Waals surface area contributed by atoms with Crippen LogP contribution < -0.4 is 5.32 Å². The van der Waals surface area contributed by atoms with Gasteiger partial charge in [0.05, 0.1) is 16.6 Å². The van der Waals surface area contributed by atoms with E-state index in [0.717, 1.165) is 6.07 Å². The Morgan fingerprint density at radius 3 is 2.52 bits per heavy atom. The van der Waals surface area contributed by atoms with Crippen LogP contribution in [0, 0.1) is 15.9 Å². The molecule has 0 aromatic heterocycles. The van der Waals surface area contributed by atoms with Gasteiger partial charge in [-0.2, -0.15) is 0 Å². The molecule has 1 amide bonds. The predicted octanol–water partition coefficient (Wildman–Crippen LogP) is 2.48. The number of rotatable bonds is 5. The Hall–Kier alpha value is -2.03. The van der Waals surface area contributed by atoms with Gasteiger partial charge in [0, 0.05) is 0 Å². The first kappa shape index (κ1) is 17.0. The van der Waals surface area contributed by atoms with Crippen LogP contribution in [0.1, 0.15) is 30.6 Å². The zero-order valence-electron chi connectivity index (χ0n) is 11.1. The maximum Gasteiger partial charge on any atom is 0.329 e. The van der Waals surface area contributed by atoms with Crippen molar-refractivity contribution in [2.45, 2.75) is 25.8 Å². The Bertz CT molecular complexity index is 622. The lowest BCUT2D eigenvalue weighted by molar-refractivity contribution is -0.385. The SMILES string of the molecule is CCC(C)(NC(=O)c1cc(F)cc([N+](=O)[O-])c1Br)C(=O)O. The number of hydrogen-bond donors (Lipinski definition) is 2. The molecule has 1 unspecified atom stereocenters. The molecule has 7 nitrogen and oxygen atoms in total. The fourth-order valence-electron chi connectivity index (χ4n) is 1.48. The summed E-state index contributed by atoms with van der Waals surface area (Å²) in [6.07, 6.45) is 0.0864. The van der Waals surface area contributed by atoms with E-state index in [0.29, 0.717) is 6.07 Å². The molecule has 0 aliphatic heterocycles. The molecule has 0 saturated heterocycles. The molecule has 0 heterocycles. The maximum atomic E-state index is 13.4. The molecule has 1 aromatic carbocycles. The molecule has 0 aliphatic rings. The van der Waals surface area contributed by atoms with E-state index < -0.39 is 33.8 Å². The van der Waals surface area contributed by atoms with Gasteiger partial charge in [0.25, 0.3) is 11.6 Å². The summed E-state index contributed by atoms with van der Waals surface area (Å²) in [6, 6.07) is 1.46. The molecule has 0 spiro atoms. The third-order valence-electron chi connectivity index (χ3n) is 3.03. The number of halogens is 2. The minimum Gasteiger partial charge on any atom is -0.480 e. The van der Waals surface area contributed by atoms with Gasteiger partial charge in [0.2, 0.25) is 0 Å². The Morgan fingerprint density at radius 2 is 2.10 bits per heavy atom. The first-order valence-corrected chi connectivity index (χ1v) is 6.61. The van der Waals surface area contributed by atoms with Crippen molar-refractivity contribution in [3.63, 3.8) is 0 Å². The molecule has 9 heteroatoms. The molecule has 1 aromatic rings. The van der Waals surface area contributed by atoms with Crippen LogP contribution in [0.4, 0.5) is 10.1 Å². The number of carboxylic acid groups (broad SMARTS) is 1. The van der Waals surface area contributed by atoms with Gasteiger partial charge in [-0.3, -0.25) is 14.9 Å². The molecule has 0 bridgehead atoms. The number of nitro benzene ring substituents is 1. The van der Waals surface area contributed by atoms with E-state index in [1.165, 1.54) is 6.92 Å². The van der Waals surface area contributed by atoms with E-state index in [1.54, 1.807) is 6.92 Å². The van der Waals surface area contributed by atoms with Gasteiger partial charge < -0.3 is 10.4 Å². The van der Waals surface area contributed by atoms with Crippen LogP contribution >= 0.6 is 15.9 Å². The highest BCUT2D eigenvalue weighted by Crippen LogP contribution is 2.30. The number of nitro groups is 1. The molecule has 1 atom stereocenters. The Balaban J connectivity index is 3.26. The van der Waals surface area contributed by atoms with Crippen molar-refractivity contribution in [3.8, 4) is 0 Å². The second-order valence-corrected chi connectivity index (χ2v) is 5.28. The summed E-state index contributed by atoms with van der Waals surface area (Å²) >= 11 is 2.87. The standard InChI is InChI=1S/C12H12BrFN2O5/c1-3-12(2,11(18)19)15-10(17)7-4-6(14)5-8(9(7)13)16(20)21/h4-5H,3H2,1-2H3,(H,15,17)(H,18,19). The fraction of sp³-hybridized carbons (Fsp3) is 0.333. The van der Waals surface area contributed by atoms with E-state index in [2.05, 4.69) is 21.2 Å². The molecule has 0 saturated carbocycles. The Labute approximate surface area is 127 Å². The van der Waals surface area contributed by atoms with Crippen LogP contribution in [0.3, 0.4) is 0 Å². The minimum atomic E-state index is -1.56. The van der Waals surface area contributed by atoms with E-state index in [9.17, 15) is 24.1 Å². The topological polar surface area (TPSA) is 110 Å². The van der Waals surface area contributed by atoms with Crippen molar-refractivity contribution in [1.29, 1.82) is 0 Å². The van der Waals surface area contributed by atoms with Gasteiger partial charge in [-0.05, 0) is 35.3 Å². The summed E-state index contributed by atoms with van der Waals surface area (Å²) in [5.41, 5.74) is -2.52. The fourth-order valence-corrected chi connectivity index (χ4v) is 2.04. The number of hydrogen-bond acceptors (Lipinski definition) is 4. The molecular weight excluding hydrogens is 351 g/mol. The molecule has 0 fully saturated rings. The molecule has 2 N–H and O–H groups in total. The van der Waals surface area contributed by atoms with Gasteiger partial charge in [0.15, 0.2) is 0 Å². The highest BCUT2D eigenvalue weighted by Gasteiger charge is 2.34. The summed E-state index contributed by atoms with van der Waals surface area (Å²) in [6.45, 7) is 2.84. The summed E-state index contributed by atoms with van der Waals surface area (Å²) < 4.78 is 13.2. The van der Waals surface area contributed by atoms with Crippen LogP contribution in [0.5, 0.6) is 0 Å². The number of nitrogens with zero attached hydrogens (tertiary/aromatic N) is 1. The molecule has 1 rings (SSSR count). The van der Waals surface area contributed by atoms with Gasteiger partial charge in [-0.25, -0.2) is 9.18 Å². The lowest BCUT2D eigenvalue weighted by Crippen LogP contribution is -2.51. The molecular formula is C12H12BrFN2O5. The number of aliphatic carboxylic acids is 1. The van der Waals surface area contributed by atoms with E-state index in [1.807, 2.05) is 0 Å². The second kappa shape index (κ2) is 6.17. The molecule has 114 valence electrons. The highest BCUT2D eigenvalue weighted by molar-refractivity contribution is 9.10. The van der Waals surface area contributed by atoms with Crippen molar-refractivity contribution in [3.05, 3.63) is 38.1 Å². The largest absolute Gasteiger partial charge is 0.480 e. The lowest BCUT2D eigenvalue weighted by atomic mass is 9.98. The smallest absolute Gasteiger partial charge is 0.329 e. The molecule has 0 radical (unpaired) electrons. The van der Waals surface area contributed by atoms with E-state index in [4.69, 9.17) is 5.11 Å². The summed E-state index contributed by atoms with van der Waals surface area (Å²) in [5, 5.41) is 22.1. The van der Waals surface area contributed by atoms with Crippen LogP contribution in [-0.2, 0) is 4.79 Å². The number of carbonyl (C=O) groups is 2. The Kier molecular flexibility index (Phi) is 5.00. The van der Waals surface area contributed by atoms with Crippen LogP contribution in [-0.4, -0.2) is 27.4 Å². The highest BCUT2D eigenvalue weighted by atomic mass is 79.9. The predicted molar refractivity (Wildman–Crippen MR) is 74.6 cm³/mol. The lowest BCUT2D eigenvalue weighted by Gasteiger charge is -2.24. The van der Waals surface area contributed by atoms with E-state index in [-0.39, 0.29) is 16.5 Å². The van der Waals surface area contributed by atoms with Crippen LogP contribution in [0.15, 0.2) is 16.6 Å². The van der Waals surface area contributed by atoms with Crippen molar-refractivity contribution in [1.82, 2.24) is 5.32 Å². The number of benzene rings is 1. The number of carbonyl (C=O) groups excluding carboxylic acids is 1. The van der Waals surface area contributed by atoms with Crippen LogP contribution in [0.25, 0.3) is 0 Å². The third kappa shape index (κ3) is 3.54. The minimum absolute atomic E-state index is 0.0864. The third-order valence-corrected chi connectivity index (χ3v) is 3.86. The Morgan fingerprint density at radius 1 is 1.52 bits per heavy atom. The average Bonchev–Trinajstić information content (AvgIpc) is 2.40. The van der Waals surface area contributed by atoms with Gasteiger partial charge in [0.1, 0.15) is 15.8 Å². The maximum absolute atomic E-state index is 13.4. The molecule has 21 heavy (non-hydrogen) atoms. The zero-order chi connectivity index (χ0) is 16.4. The summed E-state index contributed by atoms with van der Waals surface area (Å²) in [5.74, 6) is -3.15. The first-order chi connectivity index (χ1) is 9.62. The zero-order valence-corrected chi connectivity index (χ0v) is 12.7. The number of nitrogens with one attached hydrogen (secondary N) is 1. The summed E-state index contributed by atoms with van der Waals surface area (Å²) in [7, 11) is 0. The molecule has 0 aliphatic carbocycles. The first-order valence-electron chi connectivity index (χ1n) is 5.81. The van der Waals surface area contributed by atoms with Crippen molar-refractivity contribution in [2.24, 2.45) is 0 Å². The number of carboxylic acids is 1. The number of amides is 1. The van der Waals surface area contributed by atoms with Gasteiger partial charge >= 0.3 is 5.97 Å². The monoisotopic (exact) mass is 362 g/mol. The van der Waals surface area contributed by atoms with E-state index >= 15 is 0 Å². The quantitative estimate of drug-likeness (QED) is 0.617. The van der Waals surface area contributed by atoms with Crippen molar-refractivity contribution < 1.29 is 24.0 Å². The average molecular weight is 363 g/mol.